The number of aryl methyl sites for hydroxylation is 1. The van der Waals surface area contributed by atoms with Crippen LogP contribution in [0, 0.1) is 0 Å². The van der Waals surface area contributed by atoms with Crippen LogP contribution in [-0.4, -0.2) is 34.9 Å². The standard InChI is InChI=1S/C18H24N4O2/c1-4-22(5-2)16-9-8-14(17(23)11-16)13-19-20-18(24)12-15-7-6-10-21(15)3/h6-11,13,23H,4-5,12H2,1-3H3,(H,20,24)/b19-13+. The number of aromatic nitrogens is 1. The van der Waals surface area contributed by atoms with Crippen LogP contribution in [0.4, 0.5) is 5.69 Å². The number of phenolic OH excluding ortho intramolecular Hbond substituents is 1. The summed E-state index contributed by atoms with van der Waals surface area (Å²) in [6.07, 6.45) is 3.60. The number of phenols is 1. The number of benzene rings is 1. The molecule has 128 valence electrons. The highest BCUT2D eigenvalue weighted by Gasteiger charge is 2.07. The molecule has 0 radical (unpaired) electrons. The van der Waals surface area contributed by atoms with Gasteiger partial charge in [-0.1, -0.05) is 0 Å². The monoisotopic (exact) mass is 328 g/mol. The van der Waals surface area contributed by atoms with Crippen molar-refractivity contribution >= 4 is 17.8 Å². The van der Waals surface area contributed by atoms with Gasteiger partial charge in [0.2, 0.25) is 5.91 Å². The maximum atomic E-state index is 11.9. The molecular formula is C18H24N4O2. The second-order valence-corrected chi connectivity index (χ2v) is 5.50. The fourth-order valence-corrected chi connectivity index (χ4v) is 2.48. The number of nitrogens with zero attached hydrogens (tertiary/aromatic N) is 3. The number of carbonyl (C=O) groups excluding carboxylic acids is 1. The Labute approximate surface area is 142 Å². The average molecular weight is 328 g/mol. The zero-order valence-corrected chi connectivity index (χ0v) is 14.4. The van der Waals surface area contributed by atoms with Crippen LogP contribution in [0.2, 0.25) is 0 Å². The van der Waals surface area contributed by atoms with Crippen LogP contribution in [0.15, 0.2) is 41.6 Å². The van der Waals surface area contributed by atoms with E-state index in [4.69, 9.17) is 0 Å². The largest absolute Gasteiger partial charge is 0.507 e. The van der Waals surface area contributed by atoms with Crippen molar-refractivity contribution in [2.24, 2.45) is 12.1 Å². The molecule has 0 saturated heterocycles. The van der Waals surface area contributed by atoms with E-state index in [2.05, 4.69) is 29.3 Å². The van der Waals surface area contributed by atoms with Gasteiger partial charge in [-0.25, -0.2) is 5.43 Å². The Morgan fingerprint density at radius 3 is 2.67 bits per heavy atom. The van der Waals surface area contributed by atoms with E-state index in [0.717, 1.165) is 24.5 Å². The van der Waals surface area contributed by atoms with Crippen LogP contribution >= 0.6 is 0 Å². The molecule has 6 heteroatoms. The van der Waals surface area contributed by atoms with Crippen LogP contribution in [0.25, 0.3) is 0 Å². The second kappa shape index (κ2) is 8.19. The fourth-order valence-electron chi connectivity index (χ4n) is 2.48. The summed E-state index contributed by atoms with van der Waals surface area (Å²) in [4.78, 5) is 14.0. The number of aromatic hydroxyl groups is 1. The Morgan fingerprint density at radius 2 is 2.08 bits per heavy atom. The normalized spacial score (nSPS) is 11.0. The molecule has 1 aromatic heterocycles. The summed E-state index contributed by atoms with van der Waals surface area (Å²) < 4.78 is 1.89. The Morgan fingerprint density at radius 1 is 1.33 bits per heavy atom. The first-order valence-electron chi connectivity index (χ1n) is 8.05. The van der Waals surface area contributed by atoms with Crippen LogP contribution in [0.5, 0.6) is 5.75 Å². The molecule has 1 amide bonds. The van der Waals surface area contributed by atoms with Crippen LogP contribution in [0.1, 0.15) is 25.1 Å². The molecular weight excluding hydrogens is 304 g/mol. The predicted octanol–water partition coefficient (Wildman–Crippen LogP) is 2.27. The lowest BCUT2D eigenvalue weighted by molar-refractivity contribution is -0.120. The summed E-state index contributed by atoms with van der Waals surface area (Å²) in [7, 11) is 1.89. The molecule has 0 aliphatic carbocycles. The molecule has 0 bridgehead atoms. The van der Waals surface area contributed by atoms with E-state index in [0.29, 0.717) is 5.56 Å². The summed E-state index contributed by atoms with van der Waals surface area (Å²) in [6.45, 7) is 5.88. The quantitative estimate of drug-likeness (QED) is 0.605. The number of hydrazone groups is 1. The lowest BCUT2D eigenvalue weighted by Gasteiger charge is -2.21. The first-order chi connectivity index (χ1) is 11.5. The molecule has 24 heavy (non-hydrogen) atoms. The molecule has 0 aliphatic heterocycles. The van der Waals surface area contributed by atoms with Crippen molar-refractivity contribution in [3.05, 3.63) is 47.8 Å². The highest BCUT2D eigenvalue weighted by atomic mass is 16.3. The van der Waals surface area contributed by atoms with Gasteiger partial charge in [0.25, 0.3) is 0 Å². The van der Waals surface area contributed by atoms with E-state index in [9.17, 15) is 9.90 Å². The first kappa shape index (κ1) is 17.6. The van der Waals surface area contributed by atoms with Gasteiger partial charge < -0.3 is 14.6 Å². The number of nitrogens with one attached hydrogen (secondary N) is 1. The molecule has 0 aliphatic rings. The van der Waals surface area contributed by atoms with Crippen molar-refractivity contribution in [2.45, 2.75) is 20.3 Å². The van der Waals surface area contributed by atoms with Gasteiger partial charge in [-0.2, -0.15) is 5.10 Å². The molecule has 2 rings (SSSR count). The highest BCUT2D eigenvalue weighted by molar-refractivity contribution is 5.86. The molecule has 2 aromatic rings. The number of hydrogen-bond donors (Lipinski definition) is 2. The van der Waals surface area contributed by atoms with Crippen molar-refractivity contribution in [3.8, 4) is 5.75 Å². The molecule has 1 heterocycles. The number of hydrogen-bond acceptors (Lipinski definition) is 4. The van der Waals surface area contributed by atoms with E-state index in [1.807, 2.05) is 36.0 Å². The van der Waals surface area contributed by atoms with E-state index >= 15 is 0 Å². The first-order valence-corrected chi connectivity index (χ1v) is 8.05. The fraction of sp³-hybridized carbons (Fsp3) is 0.333. The Balaban J connectivity index is 1.96. The molecule has 2 N–H and O–H groups in total. The average Bonchev–Trinajstić information content (AvgIpc) is 2.95. The summed E-state index contributed by atoms with van der Waals surface area (Å²) in [6, 6.07) is 9.21. The molecule has 6 nitrogen and oxygen atoms in total. The second-order valence-electron chi connectivity index (χ2n) is 5.50. The van der Waals surface area contributed by atoms with Gasteiger partial charge in [-0.05, 0) is 38.1 Å². The third-order valence-electron chi connectivity index (χ3n) is 3.93. The Hall–Kier alpha value is -2.76. The zero-order chi connectivity index (χ0) is 17.5. The Bertz CT molecular complexity index is 718. The lowest BCUT2D eigenvalue weighted by atomic mass is 10.2. The van der Waals surface area contributed by atoms with Crippen molar-refractivity contribution in [2.75, 3.05) is 18.0 Å². The molecule has 0 fully saturated rings. The molecule has 0 unspecified atom stereocenters. The maximum Gasteiger partial charge on any atom is 0.245 e. The number of amides is 1. The molecule has 0 spiro atoms. The number of anilines is 1. The van der Waals surface area contributed by atoms with Crippen molar-refractivity contribution in [1.82, 2.24) is 9.99 Å². The van der Waals surface area contributed by atoms with E-state index in [-0.39, 0.29) is 18.1 Å². The minimum atomic E-state index is -0.202. The minimum absolute atomic E-state index is 0.139. The highest BCUT2D eigenvalue weighted by Crippen LogP contribution is 2.23. The van der Waals surface area contributed by atoms with Crippen molar-refractivity contribution < 1.29 is 9.90 Å². The summed E-state index contributed by atoms with van der Waals surface area (Å²) in [5.74, 6) is -0.0628. The van der Waals surface area contributed by atoms with Crippen molar-refractivity contribution in [1.29, 1.82) is 0 Å². The third-order valence-corrected chi connectivity index (χ3v) is 3.93. The van der Waals surface area contributed by atoms with Gasteiger partial charge in [0, 0.05) is 49.3 Å². The SMILES string of the molecule is CCN(CC)c1ccc(/C=N/NC(=O)Cc2cccn2C)c(O)c1. The van der Waals surface area contributed by atoms with Gasteiger partial charge >= 0.3 is 0 Å². The lowest BCUT2D eigenvalue weighted by Crippen LogP contribution is -2.21. The maximum absolute atomic E-state index is 11.9. The van der Waals surface area contributed by atoms with Gasteiger partial charge in [0.15, 0.2) is 0 Å². The van der Waals surface area contributed by atoms with Crippen LogP contribution in [0.3, 0.4) is 0 Å². The molecule has 0 atom stereocenters. The van der Waals surface area contributed by atoms with Crippen LogP contribution in [-0.2, 0) is 18.3 Å². The van der Waals surface area contributed by atoms with E-state index in [1.165, 1.54) is 6.21 Å². The third kappa shape index (κ3) is 4.38. The number of carbonyl (C=O) groups is 1. The predicted molar refractivity (Wildman–Crippen MR) is 96.5 cm³/mol. The summed E-state index contributed by atoms with van der Waals surface area (Å²) >= 11 is 0. The molecule has 0 saturated carbocycles. The minimum Gasteiger partial charge on any atom is -0.507 e. The van der Waals surface area contributed by atoms with Gasteiger partial charge in [-0.15, -0.1) is 0 Å². The topological polar surface area (TPSA) is 69.9 Å². The summed E-state index contributed by atoms with van der Waals surface area (Å²) in [5, 5.41) is 14.0. The van der Waals surface area contributed by atoms with E-state index in [1.54, 1.807) is 12.1 Å². The summed E-state index contributed by atoms with van der Waals surface area (Å²) in [5.41, 5.74) is 4.91. The number of rotatable bonds is 7. The van der Waals surface area contributed by atoms with Gasteiger partial charge in [-0.3, -0.25) is 4.79 Å². The van der Waals surface area contributed by atoms with Gasteiger partial charge in [0.05, 0.1) is 12.6 Å². The smallest absolute Gasteiger partial charge is 0.245 e. The Kier molecular flexibility index (Phi) is 6.01. The molecule has 1 aromatic carbocycles. The van der Waals surface area contributed by atoms with E-state index < -0.39 is 0 Å². The van der Waals surface area contributed by atoms with Crippen LogP contribution < -0.4 is 10.3 Å². The zero-order valence-electron chi connectivity index (χ0n) is 14.4. The van der Waals surface area contributed by atoms with Gasteiger partial charge in [0.1, 0.15) is 5.75 Å². The van der Waals surface area contributed by atoms with Crippen molar-refractivity contribution in [3.63, 3.8) is 0 Å².